The van der Waals surface area contributed by atoms with E-state index in [9.17, 15) is 9.90 Å². The zero-order valence-electron chi connectivity index (χ0n) is 10.7. The number of carbonyl (C=O) groups excluding carboxylic acids is 1. The fourth-order valence-electron chi connectivity index (χ4n) is 1.39. The first-order chi connectivity index (χ1) is 8.27. The van der Waals surface area contributed by atoms with E-state index in [0.717, 1.165) is 12.8 Å². The third-order valence-corrected chi connectivity index (χ3v) is 2.34. The number of hydrogen-bond donors (Lipinski definition) is 0. The molecule has 3 nitrogen and oxygen atoms in total. The average molecular weight is 237 g/mol. The standard InChI is InChI=1S/C9H18O2.C5H5N/c1-2-3-4-5-6-7-8-9(10)11;1-2-4-6-5-3-1/h2-8H2,1H3,(H,10,11);1-5H. The lowest BCUT2D eigenvalue weighted by molar-refractivity contribution is -0.378. The molecule has 1 rings (SSSR count). The van der Waals surface area contributed by atoms with Crippen molar-refractivity contribution in [3.05, 3.63) is 30.6 Å². The zero-order chi connectivity index (χ0) is 12.8. The summed E-state index contributed by atoms with van der Waals surface area (Å²) in [5.41, 5.74) is 0. The topological polar surface area (TPSA) is 54.3 Å². The van der Waals surface area contributed by atoms with Crippen LogP contribution in [0.15, 0.2) is 30.6 Å². The molecule has 1 aromatic heterocycles. The Kier molecular flexibility index (Phi) is 11.7. The van der Waals surface area contributed by atoms with Crippen LogP contribution in [0.25, 0.3) is 0 Å². The van der Waals surface area contributed by atoms with Crippen molar-refractivity contribution in [2.45, 2.75) is 51.9 Å². The molecule has 0 unspecified atom stereocenters. The number of H-pyrrole nitrogens is 1. The van der Waals surface area contributed by atoms with Crippen LogP contribution in [0.1, 0.15) is 51.9 Å². The Hall–Kier alpha value is -1.38. The van der Waals surface area contributed by atoms with E-state index < -0.39 is 5.97 Å². The maximum absolute atomic E-state index is 9.98. The molecule has 0 atom stereocenters. The molecule has 0 aliphatic heterocycles. The third-order valence-electron chi connectivity index (χ3n) is 2.34. The minimum Gasteiger partial charge on any atom is -0.550 e. The van der Waals surface area contributed by atoms with Gasteiger partial charge in [0.2, 0.25) is 0 Å². The summed E-state index contributed by atoms with van der Waals surface area (Å²) in [5.74, 6) is -0.916. The number of pyridine rings is 1. The molecule has 0 bridgehead atoms. The van der Waals surface area contributed by atoms with E-state index in [2.05, 4.69) is 11.9 Å². The van der Waals surface area contributed by atoms with Gasteiger partial charge >= 0.3 is 0 Å². The molecule has 0 aliphatic rings. The molecule has 0 aliphatic carbocycles. The molecule has 0 saturated carbocycles. The Morgan fingerprint density at radius 1 is 1.00 bits per heavy atom. The second kappa shape index (κ2) is 12.7. The molecule has 0 radical (unpaired) electrons. The van der Waals surface area contributed by atoms with Crippen molar-refractivity contribution < 1.29 is 14.9 Å². The SMILES string of the molecule is CCCCCCCCC(=O)[O-].c1cc[nH+]cc1. The van der Waals surface area contributed by atoms with Gasteiger partial charge in [-0.05, 0) is 12.8 Å². The Morgan fingerprint density at radius 2 is 1.59 bits per heavy atom. The van der Waals surface area contributed by atoms with E-state index in [4.69, 9.17) is 0 Å². The van der Waals surface area contributed by atoms with Gasteiger partial charge in [-0.2, -0.15) is 0 Å². The fourth-order valence-corrected chi connectivity index (χ4v) is 1.39. The predicted molar refractivity (Wildman–Crippen MR) is 66.0 cm³/mol. The maximum atomic E-state index is 9.98. The average Bonchev–Trinajstić information content (AvgIpc) is 2.36. The van der Waals surface area contributed by atoms with Gasteiger partial charge < -0.3 is 9.90 Å². The number of carbonyl (C=O) groups is 1. The highest BCUT2D eigenvalue weighted by Gasteiger charge is 1.89. The molecule has 17 heavy (non-hydrogen) atoms. The number of aliphatic carboxylic acids is 1. The Bertz CT molecular complexity index is 235. The van der Waals surface area contributed by atoms with Crippen LogP contribution in [0.2, 0.25) is 0 Å². The van der Waals surface area contributed by atoms with Gasteiger partial charge in [0.05, 0.1) is 0 Å². The van der Waals surface area contributed by atoms with Crippen molar-refractivity contribution in [2.24, 2.45) is 0 Å². The van der Waals surface area contributed by atoms with Gasteiger partial charge in [-0.15, -0.1) is 0 Å². The van der Waals surface area contributed by atoms with Gasteiger partial charge in [0.15, 0.2) is 12.4 Å². The summed E-state index contributed by atoms with van der Waals surface area (Å²) in [5, 5.41) is 9.98. The monoisotopic (exact) mass is 237 g/mol. The fraction of sp³-hybridized carbons (Fsp3) is 0.571. The van der Waals surface area contributed by atoms with E-state index in [1.54, 1.807) is 0 Å². The van der Waals surface area contributed by atoms with Crippen molar-refractivity contribution in [3.8, 4) is 0 Å². The molecule has 96 valence electrons. The summed E-state index contributed by atoms with van der Waals surface area (Å²) in [6.07, 6.45) is 10.7. The van der Waals surface area contributed by atoms with Gasteiger partial charge in [0.25, 0.3) is 0 Å². The molecule has 0 fully saturated rings. The number of aromatic nitrogens is 1. The van der Waals surface area contributed by atoms with E-state index in [1.165, 1.54) is 25.7 Å². The molecule has 0 aromatic carbocycles. The number of unbranched alkanes of at least 4 members (excludes halogenated alkanes) is 5. The highest BCUT2D eigenvalue weighted by Crippen LogP contribution is 2.05. The number of aromatic amines is 1. The minimum absolute atomic E-state index is 0.228. The number of nitrogens with one attached hydrogen (secondary N) is 1. The van der Waals surface area contributed by atoms with Crippen LogP contribution in [0.4, 0.5) is 0 Å². The van der Waals surface area contributed by atoms with Crippen molar-refractivity contribution >= 4 is 5.97 Å². The molecule has 0 spiro atoms. The lowest BCUT2D eigenvalue weighted by atomic mass is 10.1. The van der Waals surface area contributed by atoms with Crippen LogP contribution in [0.3, 0.4) is 0 Å². The highest BCUT2D eigenvalue weighted by atomic mass is 16.4. The maximum Gasteiger partial charge on any atom is 0.166 e. The lowest BCUT2D eigenvalue weighted by Gasteiger charge is -2.00. The summed E-state index contributed by atoms with van der Waals surface area (Å²) in [6, 6.07) is 5.86. The van der Waals surface area contributed by atoms with Gasteiger partial charge in [-0.25, -0.2) is 4.98 Å². The second-order valence-electron chi connectivity index (χ2n) is 3.97. The normalized spacial score (nSPS) is 9.24. The van der Waals surface area contributed by atoms with Crippen LogP contribution >= 0.6 is 0 Å². The molecule has 3 heteroatoms. The number of rotatable bonds is 7. The first-order valence-electron chi connectivity index (χ1n) is 6.38. The van der Waals surface area contributed by atoms with Crippen LogP contribution in [0, 0.1) is 0 Å². The summed E-state index contributed by atoms with van der Waals surface area (Å²) in [6.45, 7) is 2.17. The second-order valence-corrected chi connectivity index (χ2v) is 3.97. The molecule has 1 N–H and O–H groups in total. The largest absolute Gasteiger partial charge is 0.550 e. The van der Waals surface area contributed by atoms with Crippen LogP contribution in [0.5, 0.6) is 0 Å². The predicted octanol–water partition coefficient (Wildman–Crippen LogP) is 1.99. The zero-order valence-corrected chi connectivity index (χ0v) is 10.7. The summed E-state index contributed by atoms with van der Waals surface area (Å²) in [7, 11) is 0. The quantitative estimate of drug-likeness (QED) is 0.681. The van der Waals surface area contributed by atoms with E-state index in [1.807, 2.05) is 30.6 Å². The molecular formula is C14H23NO2. The summed E-state index contributed by atoms with van der Waals surface area (Å²) < 4.78 is 0. The summed E-state index contributed by atoms with van der Waals surface area (Å²) >= 11 is 0. The van der Waals surface area contributed by atoms with Crippen LogP contribution < -0.4 is 10.1 Å². The molecule has 0 amide bonds. The van der Waals surface area contributed by atoms with Crippen molar-refractivity contribution in [1.29, 1.82) is 0 Å². The number of hydrogen-bond acceptors (Lipinski definition) is 2. The van der Waals surface area contributed by atoms with E-state index in [-0.39, 0.29) is 6.42 Å². The van der Waals surface area contributed by atoms with Crippen LogP contribution in [-0.2, 0) is 4.79 Å². The molecule has 1 aromatic rings. The number of carboxylic acids is 1. The molecule has 0 saturated heterocycles. The van der Waals surface area contributed by atoms with Crippen molar-refractivity contribution in [3.63, 3.8) is 0 Å². The summed E-state index contributed by atoms with van der Waals surface area (Å²) in [4.78, 5) is 12.9. The molecule has 1 heterocycles. The smallest absolute Gasteiger partial charge is 0.166 e. The minimum atomic E-state index is -0.916. The Labute approximate surface area is 104 Å². The number of carboxylic acid groups (broad SMARTS) is 1. The van der Waals surface area contributed by atoms with E-state index >= 15 is 0 Å². The van der Waals surface area contributed by atoms with Crippen LogP contribution in [-0.4, -0.2) is 5.97 Å². The Morgan fingerprint density at radius 3 is 2.00 bits per heavy atom. The van der Waals surface area contributed by atoms with Gasteiger partial charge in [-0.1, -0.05) is 45.1 Å². The first-order valence-corrected chi connectivity index (χ1v) is 6.38. The first kappa shape index (κ1) is 15.6. The molecular weight excluding hydrogens is 214 g/mol. The van der Waals surface area contributed by atoms with Gasteiger partial charge in [0.1, 0.15) is 0 Å². The highest BCUT2D eigenvalue weighted by molar-refractivity contribution is 5.63. The van der Waals surface area contributed by atoms with Gasteiger partial charge in [-0.3, -0.25) is 0 Å². The van der Waals surface area contributed by atoms with Gasteiger partial charge in [0, 0.05) is 18.1 Å². The lowest BCUT2D eigenvalue weighted by Crippen LogP contribution is -2.21. The van der Waals surface area contributed by atoms with Crippen molar-refractivity contribution in [2.75, 3.05) is 0 Å². The van der Waals surface area contributed by atoms with Crippen molar-refractivity contribution in [1.82, 2.24) is 0 Å². The third kappa shape index (κ3) is 14.6. The Balaban J connectivity index is 0.000000354. The van der Waals surface area contributed by atoms with E-state index in [0.29, 0.717) is 0 Å².